The number of nitrogens with zero attached hydrogens (tertiary/aromatic N) is 4. The van der Waals surface area contributed by atoms with Crippen LogP contribution >= 0.6 is 11.5 Å². The number of hydrogen-bond donors (Lipinski definition) is 2. The number of aliphatic carboxylic acids is 2. The zero-order chi connectivity index (χ0) is 31.7. The third-order valence-electron chi connectivity index (χ3n) is 7.28. The molecule has 0 amide bonds. The van der Waals surface area contributed by atoms with Gasteiger partial charge in [-0.25, -0.2) is 9.78 Å². The number of benzene rings is 2. The summed E-state index contributed by atoms with van der Waals surface area (Å²) in [5, 5.41) is 26.8. The minimum absolute atomic E-state index is 0.198. The van der Waals surface area contributed by atoms with E-state index in [2.05, 4.69) is 49.9 Å². The summed E-state index contributed by atoms with van der Waals surface area (Å²) in [4.78, 5) is 27.4. The van der Waals surface area contributed by atoms with E-state index in [1.165, 1.54) is 22.7 Å². The second kappa shape index (κ2) is 15.1. The summed E-state index contributed by atoms with van der Waals surface area (Å²) in [6.07, 6.45) is -0.923. The van der Waals surface area contributed by atoms with Gasteiger partial charge in [0.1, 0.15) is 5.01 Å². The highest BCUT2D eigenvalue weighted by molar-refractivity contribution is 7.09. The maximum Gasteiger partial charge on any atom is 0.490 e. The van der Waals surface area contributed by atoms with Crippen LogP contribution < -0.4 is 0 Å². The van der Waals surface area contributed by atoms with Crippen LogP contribution in [0.15, 0.2) is 36.4 Å². The lowest BCUT2D eigenvalue weighted by molar-refractivity contribution is -0.192. The Morgan fingerprint density at radius 1 is 1.14 bits per heavy atom. The minimum Gasteiger partial charge on any atom is -0.481 e. The molecule has 1 aliphatic rings. The zero-order valence-electron chi connectivity index (χ0n) is 24.3. The zero-order valence-corrected chi connectivity index (χ0v) is 25.1. The van der Waals surface area contributed by atoms with Crippen molar-refractivity contribution in [2.45, 2.75) is 59.1 Å². The van der Waals surface area contributed by atoms with Gasteiger partial charge in [-0.15, -0.1) is 0 Å². The molecule has 0 unspecified atom stereocenters. The first-order chi connectivity index (χ1) is 20.3. The molecular weight excluding hydrogens is 581 g/mol. The van der Waals surface area contributed by atoms with Gasteiger partial charge < -0.3 is 15.1 Å². The van der Waals surface area contributed by atoms with Crippen molar-refractivity contribution in [3.63, 3.8) is 0 Å². The maximum absolute atomic E-state index is 11.2. The molecule has 0 aliphatic carbocycles. The van der Waals surface area contributed by atoms with Crippen LogP contribution in [0.25, 0.3) is 22.0 Å². The molecule has 2 aromatic carbocycles. The summed E-state index contributed by atoms with van der Waals surface area (Å²) >= 11 is 1.37. The monoisotopic (exact) mass is 616 g/mol. The fourth-order valence-electron chi connectivity index (χ4n) is 5.06. The lowest BCUT2D eigenvalue weighted by Crippen LogP contribution is -2.37. The Hall–Kier alpha value is -3.82. The lowest BCUT2D eigenvalue weighted by Gasteiger charge is -2.30. The molecule has 0 spiro atoms. The summed E-state index contributed by atoms with van der Waals surface area (Å²) < 4.78 is 36.4. The van der Waals surface area contributed by atoms with Gasteiger partial charge in [0.15, 0.2) is 5.82 Å². The summed E-state index contributed by atoms with van der Waals surface area (Å²) in [7, 11) is 0. The lowest BCUT2D eigenvalue weighted by atomic mass is 9.94. The molecule has 1 aliphatic heterocycles. The number of rotatable bonds is 9. The van der Waals surface area contributed by atoms with Crippen LogP contribution in [0.5, 0.6) is 0 Å². The first kappa shape index (κ1) is 33.7. The molecule has 8 nitrogen and oxygen atoms in total. The Morgan fingerprint density at radius 2 is 1.81 bits per heavy atom. The molecule has 0 saturated carbocycles. The second-order valence-electron chi connectivity index (χ2n) is 10.8. The van der Waals surface area contributed by atoms with Crippen molar-refractivity contribution in [3.05, 3.63) is 58.7 Å². The number of carboxylic acid groups (broad SMARTS) is 2. The Morgan fingerprint density at radius 3 is 2.37 bits per heavy atom. The van der Waals surface area contributed by atoms with Gasteiger partial charge in [0, 0.05) is 17.7 Å². The van der Waals surface area contributed by atoms with E-state index >= 15 is 0 Å². The molecule has 3 aromatic rings. The van der Waals surface area contributed by atoms with Gasteiger partial charge in [-0.2, -0.15) is 22.8 Å². The maximum atomic E-state index is 11.2. The number of aromatic nitrogens is 2. The van der Waals surface area contributed by atoms with Gasteiger partial charge in [0.25, 0.3) is 0 Å². The average Bonchev–Trinajstić information content (AvgIpc) is 3.46. The third kappa shape index (κ3) is 9.33. The van der Waals surface area contributed by atoms with Gasteiger partial charge in [0.2, 0.25) is 0 Å². The number of carboxylic acids is 2. The quantitative estimate of drug-likeness (QED) is 0.280. The Balaban J connectivity index is 0.000000646. The van der Waals surface area contributed by atoms with Crippen molar-refractivity contribution in [1.29, 1.82) is 5.26 Å². The van der Waals surface area contributed by atoms with Crippen molar-refractivity contribution < 1.29 is 33.0 Å². The van der Waals surface area contributed by atoms with Gasteiger partial charge in [0.05, 0.1) is 17.6 Å². The number of carbonyl (C=O) groups is 2. The van der Waals surface area contributed by atoms with Crippen LogP contribution in [0.1, 0.15) is 55.9 Å². The molecule has 1 aromatic heterocycles. The number of halogens is 3. The first-order valence-electron chi connectivity index (χ1n) is 14.1. The SMILES string of the molecule is CCc1c(CCN2CCC(C(=O)O)CC2)cccc1-c1nsc(-c2ccc(CC(C)C)c(C#N)c2)n1.O=C(O)C(F)(F)F. The van der Waals surface area contributed by atoms with E-state index in [1.807, 2.05) is 18.2 Å². The highest BCUT2D eigenvalue weighted by atomic mass is 32.1. The second-order valence-corrected chi connectivity index (χ2v) is 11.6. The summed E-state index contributed by atoms with van der Waals surface area (Å²) in [6, 6.07) is 14.7. The standard InChI is InChI=1S/C29H34N4O2S.C2HF3O2/c1-4-25-20(10-13-33-14-11-21(12-15-33)29(34)35)6-5-7-26(25)27-31-28(36-32-27)23-9-8-22(16-19(2)3)24(17-23)18-30;3-2(4,5)1(6)7/h5-9,17,19,21H,4,10-16H2,1-3H3,(H,34,35);(H,6,7). The molecule has 0 radical (unpaired) electrons. The largest absolute Gasteiger partial charge is 0.490 e. The molecule has 2 N–H and O–H groups in total. The predicted molar refractivity (Wildman–Crippen MR) is 158 cm³/mol. The Labute approximate surface area is 253 Å². The van der Waals surface area contributed by atoms with E-state index in [4.69, 9.17) is 19.3 Å². The number of hydrogen-bond acceptors (Lipinski definition) is 7. The van der Waals surface area contributed by atoms with Crippen molar-refractivity contribution in [2.24, 2.45) is 11.8 Å². The summed E-state index contributed by atoms with van der Waals surface area (Å²) in [6.45, 7) is 9.10. The molecular formula is C31H35F3N4O4S. The Kier molecular flexibility index (Phi) is 11.8. The number of piperidine rings is 1. The molecule has 1 saturated heterocycles. The topological polar surface area (TPSA) is 127 Å². The van der Waals surface area contributed by atoms with Gasteiger partial charge in [-0.05, 0) is 85.4 Å². The minimum atomic E-state index is -5.08. The average molecular weight is 617 g/mol. The van der Waals surface area contributed by atoms with Crippen LogP contribution in [0.2, 0.25) is 0 Å². The van der Waals surface area contributed by atoms with E-state index in [-0.39, 0.29) is 5.92 Å². The summed E-state index contributed by atoms with van der Waals surface area (Å²) in [5.41, 5.74) is 6.36. The van der Waals surface area contributed by atoms with E-state index in [0.29, 0.717) is 11.5 Å². The van der Waals surface area contributed by atoms with Crippen molar-refractivity contribution in [1.82, 2.24) is 14.3 Å². The number of nitriles is 1. The van der Waals surface area contributed by atoms with E-state index < -0.39 is 18.1 Å². The van der Waals surface area contributed by atoms with Gasteiger partial charge in [-0.1, -0.05) is 51.1 Å². The van der Waals surface area contributed by atoms with Crippen LogP contribution in [-0.2, 0) is 28.9 Å². The Bertz CT molecular complexity index is 1460. The van der Waals surface area contributed by atoms with Gasteiger partial charge >= 0.3 is 18.1 Å². The van der Waals surface area contributed by atoms with Crippen LogP contribution in [0.3, 0.4) is 0 Å². The molecule has 0 bridgehead atoms. The van der Waals surface area contributed by atoms with Crippen molar-refractivity contribution >= 4 is 23.5 Å². The highest BCUT2D eigenvalue weighted by Gasteiger charge is 2.38. The van der Waals surface area contributed by atoms with Crippen LogP contribution in [0.4, 0.5) is 13.2 Å². The third-order valence-corrected chi connectivity index (χ3v) is 8.04. The molecule has 1 fully saturated rings. The van der Waals surface area contributed by atoms with E-state index in [1.54, 1.807) is 0 Å². The molecule has 230 valence electrons. The molecule has 43 heavy (non-hydrogen) atoms. The van der Waals surface area contributed by atoms with Gasteiger partial charge in [-0.3, -0.25) is 4.79 Å². The smallest absolute Gasteiger partial charge is 0.481 e. The molecule has 12 heteroatoms. The summed E-state index contributed by atoms with van der Waals surface area (Å²) in [5.74, 6) is -2.39. The molecule has 0 atom stereocenters. The van der Waals surface area contributed by atoms with Crippen LogP contribution in [-0.4, -0.2) is 62.2 Å². The van der Waals surface area contributed by atoms with E-state index in [9.17, 15) is 28.3 Å². The van der Waals surface area contributed by atoms with E-state index in [0.717, 1.165) is 79.3 Å². The fourth-order valence-corrected chi connectivity index (χ4v) is 5.73. The number of likely N-dealkylation sites (tertiary alicyclic amines) is 1. The number of alkyl halides is 3. The predicted octanol–water partition coefficient (Wildman–Crippen LogP) is 6.48. The normalized spacial score (nSPS) is 14.2. The van der Waals surface area contributed by atoms with Crippen molar-refractivity contribution in [2.75, 3.05) is 19.6 Å². The van der Waals surface area contributed by atoms with Crippen LogP contribution in [0, 0.1) is 23.2 Å². The molecule has 4 rings (SSSR count). The highest BCUT2D eigenvalue weighted by Crippen LogP contribution is 2.31. The first-order valence-corrected chi connectivity index (χ1v) is 14.8. The van der Waals surface area contributed by atoms with Crippen molar-refractivity contribution in [3.8, 4) is 28.0 Å². The molecule has 2 heterocycles. The fraction of sp³-hybridized carbons (Fsp3) is 0.452.